The summed E-state index contributed by atoms with van der Waals surface area (Å²) in [4.78, 5) is 14.6. The molecule has 0 atom stereocenters. The lowest BCUT2D eigenvalue weighted by atomic mass is 9.76. The van der Waals surface area contributed by atoms with Gasteiger partial charge in [-0.25, -0.2) is 14.2 Å². The van der Waals surface area contributed by atoms with Crippen molar-refractivity contribution in [2.45, 2.75) is 45.6 Å². The summed E-state index contributed by atoms with van der Waals surface area (Å²) in [5.41, 5.74) is -0.101. The van der Waals surface area contributed by atoms with Crippen LogP contribution in [0.15, 0.2) is 12.3 Å². The third-order valence-corrected chi connectivity index (χ3v) is 3.65. The number of aromatic carboxylic acids is 1. The van der Waals surface area contributed by atoms with E-state index in [0.29, 0.717) is 5.41 Å². The number of hydrogen-bond donors (Lipinski definition) is 1. The molecule has 1 saturated carbocycles. The highest BCUT2D eigenvalue weighted by atomic mass is 19.1. The number of pyridine rings is 1. The van der Waals surface area contributed by atoms with Crippen LogP contribution in [-0.2, 0) is 0 Å². The molecule has 0 saturated heterocycles. The molecule has 19 heavy (non-hydrogen) atoms. The minimum atomic E-state index is -1.31. The Morgan fingerprint density at radius 2 is 2.11 bits per heavy atom. The van der Waals surface area contributed by atoms with Gasteiger partial charge in [-0.3, -0.25) is 0 Å². The molecule has 1 aliphatic rings. The van der Waals surface area contributed by atoms with Crippen LogP contribution in [0.4, 0.5) is 4.39 Å². The van der Waals surface area contributed by atoms with Crippen molar-refractivity contribution in [2.24, 2.45) is 5.41 Å². The molecule has 0 aromatic carbocycles. The second-order valence-corrected chi connectivity index (χ2v) is 5.76. The Labute approximate surface area is 111 Å². The number of carbonyl (C=O) groups is 1. The molecule has 0 bridgehead atoms. The van der Waals surface area contributed by atoms with Crippen molar-refractivity contribution in [3.8, 4) is 5.88 Å². The highest BCUT2D eigenvalue weighted by molar-refractivity contribution is 5.88. The number of hydrogen-bond acceptors (Lipinski definition) is 3. The number of nitrogens with zero attached hydrogens (tertiary/aromatic N) is 1. The Hall–Kier alpha value is -1.65. The van der Waals surface area contributed by atoms with Gasteiger partial charge in [0, 0.05) is 6.20 Å². The van der Waals surface area contributed by atoms with E-state index in [1.807, 2.05) is 0 Å². The van der Waals surface area contributed by atoms with E-state index >= 15 is 0 Å². The number of rotatable bonds is 3. The third kappa shape index (κ3) is 3.22. The zero-order valence-corrected chi connectivity index (χ0v) is 11.1. The molecule has 0 spiro atoms. The van der Waals surface area contributed by atoms with E-state index in [2.05, 4.69) is 18.8 Å². The molecule has 0 aliphatic heterocycles. The molecule has 0 radical (unpaired) electrons. The van der Waals surface area contributed by atoms with E-state index in [9.17, 15) is 9.18 Å². The minimum absolute atomic E-state index is 0.0842. The molecule has 1 heterocycles. The molecular weight excluding hydrogens is 249 g/mol. The van der Waals surface area contributed by atoms with Gasteiger partial charge in [0.1, 0.15) is 11.7 Å². The van der Waals surface area contributed by atoms with Crippen molar-refractivity contribution in [2.75, 3.05) is 0 Å². The molecule has 1 fully saturated rings. The molecule has 2 rings (SSSR count). The standard InChI is InChI=1S/C14H18FNO3/c1-14(2)6-3-9(4-7-14)19-12-11(15)10(13(17)18)5-8-16-12/h5,8-9H,3-4,6-7H2,1-2H3,(H,17,18). The fraction of sp³-hybridized carbons (Fsp3) is 0.571. The van der Waals surface area contributed by atoms with Crippen LogP contribution in [0.5, 0.6) is 5.88 Å². The fourth-order valence-electron chi connectivity index (χ4n) is 2.32. The van der Waals surface area contributed by atoms with Gasteiger partial charge in [-0.1, -0.05) is 13.8 Å². The Morgan fingerprint density at radius 3 is 2.68 bits per heavy atom. The first kappa shape index (κ1) is 13.8. The Bertz CT molecular complexity index is 478. The maximum absolute atomic E-state index is 13.9. The van der Waals surface area contributed by atoms with E-state index in [1.165, 1.54) is 6.20 Å². The summed E-state index contributed by atoms with van der Waals surface area (Å²) >= 11 is 0. The lowest BCUT2D eigenvalue weighted by Crippen LogP contribution is -2.29. The van der Waals surface area contributed by atoms with Gasteiger partial charge in [-0.15, -0.1) is 0 Å². The maximum Gasteiger partial charge on any atom is 0.338 e. The van der Waals surface area contributed by atoms with Crippen molar-refractivity contribution in [1.29, 1.82) is 0 Å². The Kier molecular flexibility index (Phi) is 3.73. The van der Waals surface area contributed by atoms with E-state index in [0.717, 1.165) is 31.7 Å². The van der Waals surface area contributed by atoms with Gasteiger partial charge < -0.3 is 9.84 Å². The number of carboxylic acid groups (broad SMARTS) is 1. The molecule has 5 heteroatoms. The largest absolute Gasteiger partial charge is 0.478 e. The molecular formula is C14H18FNO3. The van der Waals surface area contributed by atoms with Crippen LogP contribution in [0.25, 0.3) is 0 Å². The van der Waals surface area contributed by atoms with Crippen LogP contribution in [0, 0.1) is 11.2 Å². The van der Waals surface area contributed by atoms with Crippen molar-refractivity contribution in [3.05, 3.63) is 23.6 Å². The Balaban J connectivity index is 2.08. The third-order valence-electron chi connectivity index (χ3n) is 3.65. The zero-order chi connectivity index (χ0) is 14.0. The zero-order valence-electron chi connectivity index (χ0n) is 11.1. The van der Waals surface area contributed by atoms with Crippen LogP contribution in [-0.4, -0.2) is 22.2 Å². The van der Waals surface area contributed by atoms with Gasteiger partial charge in [0.25, 0.3) is 5.88 Å². The van der Waals surface area contributed by atoms with Crippen molar-refractivity contribution < 1.29 is 19.0 Å². The van der Waals surface area contributed by atoms with Gasteiger partial charge in [0.05, 0.1) is 0 Å². The SMILES string of the molecule is CC1(C)CCC(Oc2nccc(C(=O)O)c2F)CC1. The topological polar surface area (TPSA) is 59.4 Å². The van der Waals surface area contributed by atoms with Gasteiger partial charge >= 0.3 is 5.97 Å². The maximum atomic E-state index is 13.9. The Morgan fingerprint density at radius 1 is 1.47 bits per heavy atom. The van der Waals surface area contributed by atoms with Crippen LogP contribution in [0.1, 0.15) is 49.9 Å². The molecule has 0 amide bonds. The number of carboxylic acids is 1. The van der Waals surface area contributed by atoms with Gasteiger partial charge in [-0.05, 0) is 37.2 Å². The monoisotopic (exact) mass is 267 g/mol. The van der Waals surface area contributed by atoms with Crippen LogP contribution in [0.2, 0.25) is 0 Å². The van der Waals surface area contributed by atoms with Crippen LogP contribution >= 0.6 is 0 Å². The summed E-state index contributed by atoms with van der Waals surface area (Å²) in [5, 5.41) is 8.84. The van der Waals surface area contributed by atoms with Crippen LogP contribution < -0.4 is 4.74 Å². The number of ether oxygens (including phenoxy) is 1. The summed E-state index contributed by atoms with van der Waals surface area (Å²) < 4.78 is 19.4. The smallest absolute Gasteiger partial charge is 0.338 e. The lowest BCUT2D eigenvalue weighted by Gasteiger charge is -2.34. The van der Waals surface area contributed by atoms with Gasteiger partial charge in [0.15, 0.2) is 5.82 Å². The van der Waals surface area contributed by atoms with E-state index < -0.39 is 17.3 Å². The predicted octanol–water partition coefficient (Wildman–Crippen LogP) is 3.27. The summed E-state index contributed by atoms with van der Waals surface area (Å²) in [6, 6.07) is 1.13. The first-order valence-corrected chi connectivity index (χ1v) is 6.43. The van der Waals surface area contributed by atoms with E-state index in [1.54, 1.807) is 0 Å². The van der Waals surface area contributed by atoms with Crippen molar-refractivity contribution in [1.82, 2.24) is 4.98 Å². The summed E-state index contributed by atoms with van der Waals surface area (Å²) in [6.45, 7) is 4.40. The molecule has 1 aliphatic carbocycles. The minimum Gasteiger partial charge on any atom is -0.478 e. The highest BCUT2D eigenvalue weighted by Gasteiger charge is 2.29. The van der Waals surface area contributed by atoms with Gasteiger partial charge in [-0.2, -0.15) is 0 Å². The first-order valence-electron chi connectivity index (χ1n) is 6.43. The number of halogens is 1. The van der Waals surface area contributed by atoms with Crippen molar-refractivity contribution >= 4 is 5.97 Å². The first-order chi connectivity index (χ1) is 8.89. The molecule has 1 N–H and O–H groups in total. The second-order valence-electron chi connectivity index (χ2n) is 5.76. The highest BCUT2D eigenvalue weighted by Crippen LogP contribution is 2.36. The second kappa shape index (κ2) is 5.15. The summed E-state index contributed by atoms with van der Waals surface area (Å²) in [7, 11) is 0. The fourth-order valence-corrected chi connectivity index (χ4v) is 2.32. The molecule has 4 nitrogen and oxygen atoms in total. The molecule has 0 unspecified atom stereocenters. The molecule has 1 aromatic rings. The van der Waals surface area contributed by atoms with Gasteiger partial charge in [0.2, 0.25) is 0 Å². The molecule has 1 aromatic heterocycles. The van der Waals surface area contributed by atoms with E-state index in [-0.39, 0.29) is 12.0 Å². The lowest BCUT2D eigenvalue weighted by molar-refractivity contribution is 0.0684. The average Bonchev–Trinajstić information content (AvgIpc) is 2.34. The van der Waals surface area contributed by atoms with Crippen molar-refractivity contribution in [3.63, 3.8) is 0 Å². The average molecular weight is 267 g/mol. The molecule has 104 valence electrons. The summed E-state index contributed by atoms with van der Waals surface area (Å²) in [5.74, 6) is -2.40. The normalized spacial score (nSPS) is 19.1. The number of aromatic nitrogens is 1. The van der Waals surface area contributed by atoms with Crippen LogP contribution in [0.3, 0.4) is 0 Å². The predicted molar refractivity (Wildman–Crippen MR) is 67.8 cm³/mol. The van der Waals surface area contributed by atoms with E-state index in [4.69, 9.17) is 9.84 Å². The summed E-state index contributed by atoms with van der Waals surface area (Å²) in [6.07, 6.45) is 4.88. The quantitative estimate of drug-likeness (QED) is 0.913.